The van der Waals surface area contributed by atoms with E-state index in [-0.39, 0.29) is 29.5 Å². The number of amides is 1. The number of rotatable bonds is 7. The van der Waals surface area contributed by atoms with Gasteiger partial charge in [-0.2, -0.15) is 18.4 Å². The lowest BCUT2D eigenvalue weighted by Crippen LogP contribution is -2.46. The van der Waals surface area contributed by atoms with Gasteiger partial charge in [0.25, 0.3) is 0 Å². The molecule has 1 amide bonds. The summed E-state index contributed by atoms with van der Waals surface area (Å²) >= 11 is 1.38. The number of benzene rings is 1. The third-order valence-electron chi connectivity index (χ3n) is 6.18. The van der Waals surface area contributed by atoms with Crippen LogP contribution in [0.15, 0.2) is 59.2 Å². The predicted octanol–water partition coefficient (Wildman–Crippen LogP) is 4.42. The van der Waals surface area contributed by atoms with E-state index in [0.717, 1.165) is 16.7 Å². The highest BCUT2D eigenvalue weighted by molar-refractivity contribution is 7.12. The Morgan fingerprint density at radius 2 is 2.00 bits per heavy atom. The van der Waals surface area contributed by atoms with Crippen molar-refractivity contribution in [1.29, 1.82) is 5.26 Å². The zero-order valence-electron chi connectivity index (χ0n) is 20.0. The Morgan fingerprint density at radius 3 is 2.61 bits per heavy atom. The van der Waals surface area contributed by atoms with Gasteiger partial charge in [0.15, 0.2) is 0 Å². The highest BCUT2D eigenvalue weighted by Gasteiger charge is 2.34. The first kappa shape index (κ1) is 27.2. The molecule has 0 saturated carbocycles. The van der Waals surface area contributed by atoms with Crippen LogP contribution in [0.2, 0.25) is 0 Å². The third kappa shape index (κ3) is 6.42. The summed E-state index contributed by atoms with van der Waals surface area (Å²) in [6, 6.07) is 12.0. The standard InChI is InChI=1S/C26H28F3N5OS/c1-17(2)25(32,10-8-23(35)34-11-9-19-12-20(13-30)36-22(19)15-34)16-33-14-21(24(31)26(27,28)29)18-6-4-3-5-7-18/h3-8,10,12,14,17H,9,11,15-16,31-32H2,1-2H3/b10-8+,24-21+,33-14?. The molecule has 1 atom stereocenters. The van der Waals surface area contributed by atoms with E-state index in [4.69, 9.17) is 16.7 Å². The average Bonchev–Trinajstić information content (AvgIpc) is 3.27. The third-order valence-corrected chi connectivity index (χ3v) is 7.25. The second-order valence-corrected chi connectivity index (χ2v) is 10.1. The van der Waals surface area contributed by atoms with Crippen LogP contribution in [-0.4, -0.2) is 41.8 Å². The van der Waals surface area contributed by atoms with E-state index in [2.05, 4.69) is 11.1 Å². The summed E-state index contributed by atoms with van der Waals surface area (Å²) in [5, 5.41) is 9.11. The number of carbonyl (C=O) groups is 1. The van der Waals surface area contributed by atoms with E-state index >= 15 is 0 Å². The highest BCUT2D eigenvalue weighted by atomic mass is 32.1. The van der Waals surface area contributed by atoms with Crippen LogP contribution in [-0.2, 0) is 17.8 Å². The molecule has 0 saturated heterocycles. The molecular formula is C26H28F3N5OS. The van der Waals surface area contributed by atoms with Crippen LogP contribution in [0.3, 0.4) is 0 Å². The van der Waals surface area contributed by atoms with Crippen LogP contribution in [0.5, 0.6) is 0 Å². The van der Waals surface area contributed by atoms with Crippen LogP contribution in [0.4, 0.5) is 13.2 Å². The quantitative estimate of drug-likeness (QED) is 0.420. The molecule has 0 bridgehead atoms. The predicted molar refractivity (Wildman–Crippen MR) is 136 cm³/mol. The Labute approximate surface area is 212 Å². The minimum Gasteiger partial charge on any atom is -0.394 e. The molecular weight excluding hydrogens is 487 g/mol. The lowest BCUT2D eigenvalue weighted by molar-refractivity contribution is -0.126. The lowest BCUT2D eigenvalue weighted by Gasteiger charge is -2.30. The number of nitrogens with two attached hydrogens (primary N) is 2. The first-order valence-electron chi connectivity index (χ1n) is 11.4. The van der Waals surface area contributed by atoms with E-state index in [1.54, 1.807) is 29.2 Å². The Morgan fingerprint density at radius 1 is 1.31 bits per heavy atom. The molecule has 1 unspecified atom stereocenters. The SMILES string of the molecule is CC(C)C(N)(/C=C/C(=O)N1CCc2cc(C#N)sc2C1)CN=C/C(=C(\N)C(F)(F)F)c1ccccc1. The van der Waals surface area contributed by atoms with Crippen molar-refractivity contribution >= 4 is 29.0 Å². The fourth-order valence-electron chi connectivity index (χ4n) is 3.69. The van der Waals surface area contributed by atoms with Gasteiger partial charge in [-0.1, -0.05) is 50.3 Å². The maximum atomic E-state index is 13.3. The molecule has 4 N–H and O–H groups in total. The second kappa shape index (κ2) is 11.1. The summed E-state index contributed by atoms with van der Waals surface area (Å²) in [7, 11) is 0. The van der Waals surface area contributed by atoms with Crippen molar-refractivity contribution < 1.29 is 18.0 Å². The number of fused-ring (bicyclic) bond motifs is 1. The average molecular weight is 516 g/mol. The number of thiophene rings is 1. The van der Waals surface area contributed by atoms with Crippen molar-refractivity contribution in [3.63, 3.8) is 0 Å². The highest BCUT2D eigenvalue weighted by Crippen LogP contribution is 2.29. The van der Waals surface area contributed by atoms with Gasteiger partial charge in [-0.25, -0.2) is 0 Å². The van der Waals surface area contributed by atoms with Crippen LogP contribution in [0, 0.1) is 17.2 Å². The molecule has 6 nitrogen and oxygen atoms in total. The molecule has 10 heteroatoms. The number of nitrogens with zero attached hydrogens (tertiary/aromatic N) is 3. The Bertz CT molecular complexity index is 1220. The minimum absolute atomic E-state index is 0.0451. The normalized spacial score (nSPS) is 16.7. The summed E-state index contributed by atoms with van der Waals surface area (Å²) in [4.78, 5) is 20.4. The maximum Gasteiger partial charge on any atom is 0.431 e. The summed E-state index contributed by atoms with van der Waals surface area (Å²) in [6.07, 6.45) is 0.0166. The minimum atomic E-state index is -4.72. The number of alkyl halides is 3. The number of carbonyl (C=O) groups excluding carboxylic acids is 1. The second-order valence-electron chi connectivity index (χ2n) is 8.94. The molecule has 2 heterocycles. The van der Waals surface area contributed by atoms with Crippen LogP contribution < -0.4 is 11.5 Å². The molecule has 190 valence electrons. The number of nitriles is 1. The van der Waals surface area contributed by atoms with Crippen molar-refractivity contribution in [3.05, 3.63) is 75.1 Å². The number of allylic oxidation sites excluding steroid dienone is 2. The maximum absolute atomic E-state index is 13.3. The van der Waals surface area contributed by atoms with Gasteiger partial charge in [-0.3, -0.25) is 9.79 Å². The van der Waals surface area contributed by atoms with Gasteiger partial charge in [0.05, 0.1) is 18.6 Å². The summed E-state index contributed by atoms with van der Waals surface area (Å²) < 4.78 is 40.0. The van der Waals surface area contributed by atoms with E-state index in [0.29, 0.717) is 24.4 Å². The van der Waals surface area contributed by atoms with Crippen molar-refractivity contribution in [2.24, 2.45) is 22.4 Å². The molecule has 1 aromatic carbocycles. The Kier molecular flexibility index (Phi) is 8.38. The molecule has 0 spiro atoms. The first-order chi connectivity index (χ1) is 16.9. The fourth-order valence-corrected chi connectivity index (χ4v) is 4.71. The largest absolute Gasteiger partial charge is 0.431 e. The molecule has 36 heavy (non-hydrogen) atoms. The van der Waals surface area contributed by atoms with Gasteiger partial charge in [0.2, 0.25) is 5.91 Å². The van der Waals surface area contributed by atoms with Crippen molar-refractivity contribution in [2.45, 2.75) is 38.5 Å². The van der Waals surface area contributed by atoms with Gasteiger partial charge < -0.3 is 16.4 Å². The van der Waals surface area contributed by atoms with Crippen LogP contribution in [0.25, 0.3) is 5.57 Å². The molecule has 0 aliphatic carbocycles. The molecule has 0 fully saturated rings. The van der Waals surface area contributed by atoms with E-state index in [1.807, 2.05) is 19.9 Å². The topological polar surface area (TPSA) is 108 Å². The molecule has 0 radical (unpaired) electrons. The van der Waals surface area contributed by atoms with E-state index in [9.17, 15) is 18.0 Å². The van der Waals surface area contributed by atoms with Gasteiger partial charge in [0.1, 0.15) is 16.6 Å². The monoisotopic (exact) mass is 515 g/mol. The Hall–Kier alpha value is -3.42. The molecule has 1 aliphatic rings. The van der Waals surface area contributed by atoms with Gasteiger partial charge >= 0.3 is 6.18 Å². The van der Waals surface area contributed by atoms with Gasteiger partial charge in [-0.15, -0.1) is 11.3 Å². The Balaban J connectivity index is 1.77. The molecule has 1 aromatic heterocycles. The zero-order valence-corrected chi connectivity index (χ0v) is 20.9. The summed E-state index contributed by atoms with van der Waals surface area (Å²) in [6.45, 7) is 4.60. The zero-order chi connectivity index (χ0) is 26.5. The van der Waals surface area contributed by atoms with Crippen LogP contribution >= 0.6 is 11.3 Å². The van der Waals surface area contributed by atoms with E-state index in [1.165, 1.54) is 29.5 Å². The van der Waals surface area contributed by atoms with Crippen molar-refractivity contribution in [2.75, 3.05) is 13.1 Å². The van der Waals surface area contributed by atoms with Crippen LogP contribution in [0.1, 0.15) is 34.7 Å². The molecule has 3 rings (SSSR count). The number of halogens is 3. The molecule has 2 aromatic rings. The molecule has 1 aliphatic heterocycles. The number of hydrogen-bond acceptors (Lipinski definition) is 6. The number of aliphatic imine (C=N–C) groups is 1. The summed E-state index contributed by atoms with van der Waals surface area (Å²) in [5.74, 6) is -0.385. The smallest absolute Gasteiger partial charge is 0.394 e. The van der Waals surface area contributed by atoms with Gasteiger partial charge in [-0.05, 0) is 29.5 Å². The summed E-state index contributed by atoms with van der Waals surface area (Å²) in [5.41, 5.74) is 10.8. The lowest BCUT2D eigenvalue weighted by atomic mass is 9.87. The first-order valence-corrected chi connectivity index (χ1v) is 12.2. The van der Waals surface area contributed by atoms with Gasteiger partial charge in [0, 0.05) is 29.3 Å². The van der Waals surface area contributed by atoms with Crippen molar-refractivity contribution in [3.8, 4) is 6.07 Å². The van der Waals surface area contributed by atoms with Crippen molar-refractivity contribution in [1.82, 2.24) is 4.90 Å². The fraction of sp³-hybridized carbons (Fsp3) is 0.346. The number of hydrogen-bond donors (Lipinski definition) is 2. The van der Waals surface area contributed by atoms with E-state index < -0.39 is 17.4 Å².